The van der Waals surface area contributed by atoms with Gasteiger partial charge in [0.05, 0.1) is 25.5 Å². The number of hydrogen-bond donors (Lipinski definition) is 2. The minimum absolute atomic E-state index is 0.0344. The lowest BCUT2D eigenvalue weighted by Gasteiger charge is -2.33. The Labute approximate surface area is 219 Å². The Bertz CT molecular complexity index is 1150. The van der Waals surface area contributed by atoms with Gasteiger partial charge in [0.1, 0.15) is 11.3 Å². The van der Waals surface area contributed by atoms with Gasteiger partial charge in [0.2, 0.25) is 5.91 Å². The number of methoxy groups -OCH3 is 1. The Morgan fingerprint density at radius 1 is 1.22 bits per heavy atom. The Hall–Kier alpha value is -3.12. The number of urea groups is 1. The van der Waals surface area contributed by atoms with Crippen LogP contribution in [0, 0.1) is 5.92 Å². The third kappa shape index (κ3) is 5.30. The van der Waals surface area contributed by atoms with Crippen LogP contribution >= 0.6 is 11.8 Å². The second-order valence-electron chi connectivity index (χ2n) is 9.94. The first kappa shape index (κ1) is 25.5. The van der Waals surface area contributed by atoms with Crippen LogP contribution < -0.4 is 15.5 Å². The molecule has 1 aromatic carbocycles. The number of amides is 4. The third-order valence-electron chi connectivity index (χ3n) is 7.33. The lowest BCUT2D eigenvalue weighted by Crippen LogP contribution is -2.51. The van der Waals surface area contributed by atoms with Crippen molar-refractivity contribution < 1.29 is 23.9 Å². The average molecular weight is 529 g/mol. The Balaban J connectivity index is 1.26. The molecule has 1 aliphatic carbocycles. The van der Waals surface area contributed by atoms with Gasteiger partial charge in [-0.15, -0.1) is 10.2 Å². The highest BCUT2D eigenvalue weighted by molar-refractivity contribution is 7.99. The molecule has 198 valence electrons. The first-order chi connectivity index (χ1) is 17.9. The molecule has 3 fully saturated rings. The molecule has 3 heterocycles. The first-order valence-electron chi connectivity index (χ1n) is 12.7. The van der Waals surface area contributed by atoms with E-state index in [0.717, 1.165) is 48.6 Å². The fourth-order valence-corrected chi connectivity index (χ4v) is 5.85. The molecule has 4 amide bonds. The normalized spacial score (nSPS) is 25.5. The van der Waals surface area contributed by atoms with Crippen molar-refractivity contribution in [3.05, 3.63) is 24.3 Å². The van der Waals surface area contributed by atoms with Crippen molar-refractivity contribution in [3.8, 4) is 17.1 Å². The molecule has 3 aliphatic rings. The van der Waals surface area contributed by atoms with Crippen molar-refractivity contribution in [3.63, 3.8) is 0 Å². The number of aromatic nitrogens is 3. The van der Waals surface area contributed by atoms with Crippen LogP contribution in [0.1, 0.15) is 45.4 Å². The van der Waals surface area contributed by atoms with Crippen LogP contribution in [-0.2, 0) is 20.9 Å². The summed E-state index contributed by atoms with van der Waals surface area (Å²) in [6.45, 7) is 3.43. The largest absolute Gasteiger partial charge is 0.497 e. The number of imide groups is 1. The molecule has 1 saturated carbocycles. The van der Waals surface area contributed by atoms with E-state index >= 15 is 0 Å². The Morgan fingerprint density at radius 2 is 1.97 bits per heavy atom. The molecule has 1 atom stereocenters. The summed E-state index contributed by atoms with van der Waals surface area (Å²) in [5.74, 6) is 1.05. The second kappa shape index (κ2) is 10.7. The van der Waals surface area contributed by atoms with Crippen molar-refractivity contribution in [2.24, 2.45) is 5.92 Å². The van der Waals surface area contributed by atoms with Crippen LogP contribution in [0.4, 0.5) is 4.79 Å². The fraction of sp³-hybridized carbons (Fsp3) is 0.560. The van der Waals surface area contributed by atoms with Gasteiger partial charge in [0.25, 0.3) is 5.91 Å². The van der Waals surface area contributed by atoms with Gasteiger partial charge >= 0.3 is 6.03 Å². The molecule has 2 saturated heterocycles. The van der Waals surface area contributed by atoms with E-state index in [4.69, 9.17) is 9.47 Å². The monoisotopic (exact) mass is 528 g/mol. The number of rotatable bonds is 8. The minimum Gasteiger partial charge on any atom is -0.497 e. The maximum Gasteiger partial charge on any atom is 0.344 e. The Morgan fingerprint density at radius 3 is 2.65 bits per heavy atom. The summed E-state index contributed by atoms with van der Waals surface area (Å²) < 4.78 is 13.1. The molecule has 2 aromatic rings. The van der Waals surface area contributed by atoms with Crippen LogP contribution in [0.5, 0.6) is 5.75 Å². The van der Waals surface area contributed by atoms with Crippen molar-refractivity contribution >= 4 is 29.6 Å². The minimum atomic E-state index is -0.904. The third-order valence-corrected chi connectivity index (χ3v) is 8.30. The maximum absolute atomic E-state index is 13.0. The van der Waals surface area contributed by atoms with Crippen LogP contribution in [0.25, 0.3) is 11.4 Å². The molecule has 1 aromatic heterocycles. The molecule has 0 bridgehead atoms. The highest BCUT2D eigenvalue weighted by Crippen LogP contribution is 2.36. The molecule has 2 aliphatic heterocycles. The lowest BCUT2D eigenvalue weighted by atomic mass is 9.77. The summed E-state index contributed by atoms with van der Waals surface area (Å²) in [4.78, 5) is 38.3. The van der Waals surface area contributed by atoms with E-state index in [0.29, 0.717) is 36.3 Å². The molecule has 0 unspecified atom stereocenters. The van der Waals surface area contributed by atoms with Crippen LogP contribution in [0.2, 0.25) is 0 Å². The number of carbonyl (C=O) groups is 3. The summed E-state index contributed by atoms with van der Waals surface area (Å²) in [7, 11) is 1.61. The number of nitrogens with one attached hydrogen (secondary N) is 2. The zero-order chi connectivity index (χ0) is 26.0. The van der Waals surface area contributed by atoms with Crippen molar-refractivity contribution in [2.75, 3.05) is 19.5 Å². The SMILES string of the molecule is COc1ccc(-c2nnc(SCC(=O)NN3C(=O)NC4(CCC(C)CC4)C3=O)n2C[C@H]2CCCO2)cc1. The van der Waals surface area contributed by atoms with Gasteiger partial charge in [-0.1, -0.05) is 18.7 Å². The topological polar surface area (TPSA) is 128 Å². The van der Waals surface area contributed by atoms with Gasteiger partial charge in [-0.25, -0.2) is 4.79 Å². The molecule has 37 heavy (non-hydrogen) atoms. The van der Waals surface area contributed by atoms with Gasteiger partial charge < -0.3 is 14.8 Å². The standard InChI is InChI=1S/C25H32N6O5S/c1-16-9-11-25(12-10-16)22(33)31(23(34)26-25)29-20(32)15-37-24-28-27-21(17-5-7-18(35-2)8-6-17)30(24)14-19-4-3-13-36-19/h5-8,16,19H,3-4,9-15H2,1-2H3,(H,26,34)(H,29,32)/t16?,19-,25?/m1/s1. The van der Waals surface area contributed by atoms with E-state index < -0.39 is 17.5 Å². The molecule has 1 spiro atoms. The molecule has 2 N–H and O–H groups in total. The van der Waals surface area contributed by atoms with Gasteiger partial charge in [-0.2, -0.15) is 5.01 Å². The molecular formula is C25H32N6O5S. The molecule has 5 rings (SSSR count). The summed E-state index contributed by atoms with van der Waals surface area (Å²) in [6, 6.07) is 6.96. The number of hydrazine groups is 1. The zero-order valence-electron chi connectivity index (χ0n) is 21.1. The lowest BCUT2D eigenvalue weighted by molar-refractivity contribution is -0.139. The van der Waals surface area contributed by atoms with E-state index in [-0.39, 0.29) is 17.8 Å². The average Bonchev–Trinajstić information content (AvgIpc) is 3.62. The Kier molecular flexibility index (Phi) is 7.38. The van der Waals surface area contributed by atoms with E-state index in [1.54, 1.807) is 7.11 Å². The number of hydrogen-bond acceptors (Lipinski definition) is 8. The first-order valence-corrected chi connectivity index (χ1v) is 13.7. The fourth-order valence-electron chi connectivity index (χ4n) is 5.11. The van der Waals surface area contributed by atoms with Gasteiger partial charge in [0.15, 0.2) is 11.0 Å². The number of thioether (sulfide) groups is 1. The predicted octanol–water partition coefficient (Wildman–Crippen LogP) is 2.76. The molecule has 0 radical (unpaired) electrons. The van der Waals surface area contributed by atoms with Gasteiger partial charge in [0, 0.05) is 12.2 Å². The van der Waals surface area contributed by atoms with E-state index in [2.05, 4.69) is 27.9 Å². The summed E-state index contributed by atoms with van der Waals surface area (Å²) in [5.41, 5.74) is 2.46. The summed E-state index contributed by atoms with van der Waals surface area (Å²) in [6.07, 6.45) is 4.88. The quantitative estimate of drug-likeness (QED) is 0.396. The maximum atomic E-state index is 13.0. The van der Waals surface area contributed by atoms with E-state index in [1.165, 1.54) is 11.8 Å². The molecule has 12 heteroatoms. The summed E-state index contributed by atoms with van der Waals surface area (Å²) in [5, 5.41) is 12.9. The van der Waals surface area contributed by atoms with Crippen LogP contribution in [0.3, 0.4) is 0 Å². The molecular weight excluding hydrogens is 496 g/mol. The van der Waals surface area contributed by atoms with Crippen molar-refractivity contribution in [1.82, 2.24) is 30.5 Å². The second-order valence-corrected chi connectivity index (χ2v) is 10.9. The van der Waals surface area contributed by atoms with Crippen LogP contribution in [-0.4, -0.2) is 68.7 Å². The van der Waals surface area contributed by atoms with Crippen molar-refractivity contribution in [1.29, 1.82) is 0 Å². The van der Waals surface area contributed by atoms with Gasteiger partial charge in [-0.05, 0) is 68.7 Å². The van der Waals surface area contributed by atoms with Crippen LogP contribution in [0.15, 0.2) is 29.4 Å². The summed E-state index contributed by atoms with van der Waals surface area (Å²) >= 11 is 1.20. The van der Waals surface area contributed by atoms with E-state index in [9.17, 15) is 14.4 Å². The predicted molar refractivity (Wildman–Crippen MR) is 136 cm³/mol. The smallest absolute Gasteiger partial charge is 0.344 e. The highest BCUT2D eigenvalue weighted by Gasteiger charge is 2.52. The van der Waals surface area contributed by atoms with Gasteiger partial charge in [-0.3, -0.25) is 19.6 Å². The highest BCUT2D eigenvalue weighted by atomic mass is 32.2. The van der Waals surface area contributed by atoms with Crippen molar-refractivity contribution in [2.45, 2.75) is 68.8 Å². The zero-order valence-corrected chi connectivity index (χ0v) is 21.9. The number of carbonyl (C=O) groups excluding carboxylic acids is 3. The number of ether oxygens (including phenoxy) is 2. The number of benzene rings is 1. The molecule has 11 nitrogen and oxygen atoms in total. The number of nitrogens with zero attached hydrogens (tertiary/aromatic N) is 4. The van der Waals surface area contributed by atoms with E-state index in [1.807, 2.05) is 28.8 Å².